The van der Waals surface area contributed by atoms with Crippen molar-refractivity contribution in [1.29, 1.82) is 0 Å². The number of aliphatic hydroxyl groups is 4. The van der Waals surface area contributed by atoms with Gasteiger partial charge < -0.3 is 49.0 Å². The van der Waals surface area contributed by atoms with E-state index in [1.807, 2.05) is 0 Å². The molecule has 8 atom stereocenters. The van der Waals surface area contributed by atoms with Crippen LogP contribution in [-0.2, 0) is 18.2 Å². The second-order valence-corrected chi connectivity index (χ2v) is 6.34. The SMILES string of the molecule is O=P([O-])(O)O[C@@H]1C(O)[C@H](OP(=O)([O-])O)[C@@H](O)C(O)[C@H]1O.[Na+].[Na+]. The molecule has 0 heterocycles. The Morgan fingerprint density at radius 1 is 0.682 bits per heavy atom. The quantitative estimate of drug-likeness (QED) is 0.196. The molecule has 1 saturated carbocycles. The fraction of sp³-hybridized carbons (Fsp3) is 1.00. The predicted molar refractivity (Wildman–Crippen MR) is 53.4 cm³/mol. The Bertz CT molecular complexity index is 399. The van der Waals surface area contributed by atoms with Gasteiger partial charge in [0, 0.05) is 0 Å². The Hall–Kier alpha value is 2.06. The maximum Gasteiger partial charge on any atom is 1.00 e. The minimum atomic E-state index is -5.46. The van der Waals surface area contributed by atoms with Crippen LogP contribution in [0.2, 0.25) is 0 Å². The van der Waals surface area contributed by atoms with Gasteiger partial charge in [0.1, 0.15) is 36.6 Å². The van der Waals surface area contributed by atoms with E-state index in [2.05, 4.69) is 9.05 Å². The van der Waals surface area contributed by atoms with Crippen LogP contribution in [0.25, 0.3) is 0 Å². The van der Waals surface area contributed by atoms with Gasteiger partial charge in [-0.25, -0.2) is 0 Å². The van der Waals surface area contributed by atoms with E-state index in [1.54, 1.807) is 0 Å². The van der Waals surface area contributed by atoms with Crippen molar-refractivity contribution in [3.63, 3.8) is 0 Å². The van der Waals surface area contributed by atoms with Crippen molar-refractivity contribution in [2.24, 2.45) is 0 Å². The first-order chi connectivity index (χ1) is 8.83. The Morgan fingerprint density at radius 3 is 1.18 bits per heavy atom. The number of hydrogen-bond donors (Lipinski definition) is 6. The molecule has 0 aromatic heterocycles. The summed E-state index contributed by atoms with van der Waals surface area (Å²) in [5.41, 5.74) is 0. The molecule has 0 bridgehead atoms. The van der Waals surface area contributed by atoms with Gasteiger partial charge in [0.25, 0.3) is 15.6 Å². The maximum atomic E-state index is 10.6. The zero-order valence-corrected chi connectivity index (χ0v) is 17.3. The maximum absolute atomic E-state index is 10.6. The molecule has 0 radical (unpaired) electrons. The number of phosphoric acid groups is 2. The molecule has 1 aliphatic rings. The third-order valence-electron chi connectivity index (χ3n) is 2.56. The summed E-state index contributed by atoms with van der Waals surface area (Å²) in [6.07, 6.45) is -13.3. The van der Waals surface area contributed by atoms with Crippen LogP contribution in [0, 0.1) is 0 Å². The van der Waals surface area contributed by atoms with Crippen molar-refractivity contribution in [3.05, 3.63) is 0 Å². The summed E-state index contributed by atoms with van der Waals surface area (Å²) >= 11 is 0. The minimum absolute atomic E-state index is 0. The summed E-state index contributed by atoms with van der Waals surface area (Å²) in [4.78, 5) is 38.1. The topological polar surface area (TPSA) is 220 Å². The molecule has 0 aromatic rings. The van der Waals surface area contributed by atoms with Crippen LogP contribution >= 0.6 is 15.6 Å². The summed E-state index contributed by atoms with van der Waals surface area (Å²) in [5, 5.41) is 37.8. The number of aliphatic hydroxyl groups excluding tert-OH is 4. The molecule has 1 rings (SSSR count). The molecule has 16 heteroatoms. The standard InChI is InChI=1S/C6H14O12P2.2Na/c7-1-2(8)5(17-19(11,12)13)4(10)6(3(1)9)18-20(14,15)16;;/h1-10H,(H2,11,12,13)(H2,14,15,16);;/q;2*+1/p-2/t1?,2-,3+,4?,5+,6-;;. The zero-order valence-electron chi connectivity index (χ0n) is 11.5. The van der Waals surface area contributed by atoms with Gasteiger partial charge >= 0.3 is 59.1 Å². The molecule has 1 aliphatic carbocycles. The summed E-state index contributed by atoms with van der Waals surface area (Å²) in [6.45, 7) is 0. The summed E-state index contributed by atoms with van der Waals surface area (Å²) in [6, 6.07) is 0. The minimum Gasteiger partial charge on any atom is -0.756 e. The second kappa shape index (κ2) is 9.67. The summed E-state index contributed by atoms with van der Waals surface area (Å²) in [5.74, 6) is 0. The molecule has 22 heavy (non-hydrogen) atoms. The molecule has 0 spiro atoms. The molecule has 6 N–H and O–H groups in total. The van der Waals surface area contributed by atoms with Crippen molar-refractivity contribution < 1.29 is 117 Å². The monoisotopic (exact) mass is 384 g/mol. The first-order valence-electron chi connectivity index (χ1n) is 5.00. The van der Waals surface area contributed by atoms with Gasteiger partial charge in [-0.3, -0.25) is 9.13 Å². The molecule has 0 saturated heterocycles. The first-order valence-corrected chi connectivity index (χ1v) is 7.99. The van der Waals surface area contributed by atoms with Crippen LogP contribution in [-0.4, -0.2) is 66.8 Å². The molecule has 0 amide bonds. The Morgan fingerprint density at radius 2 is 0.955 bits per heavy atom. The van der Waals surface area contributed by atoms with E-state index in [1.165, 1.54) is 0 Å². The average Bonchev–Trinajstić information content (AvgIpc) is 2.25. The van der Waals surface area contributed by atoms with E-state index in [0.717, 1.165) is 0 Å². The van der Waals surface area contributed by atoms with Gasteiger partial charge in [-0.15, -0.1) is 0 Å². The van der Waals surface area contributed by atoms with Crippen LogP contribution in [0.5, 0.6) is 0 Å². The largest absolute Gasteiger partial charge is 1.00 e. The van der Waals surface area contributed by atoms with Crippen molar-refractivity contribution in [2.45, 2.75) is 36.6 Å². The van der Waals surface area contributed by atoms with E-state index in [4.69, 9.17) is 9.79 Å². The number of rotatable bonds is 4. The summed E-state index contributed by atoms with van der Waals surface area (Å²) < 4.78 is 28.9. The van der Waals surface area contributed by atoms with E-state index < -0.39 is 52.3 Å². The first kappa shape index (κ1) is 26.3. The van der Waals surface area contributed by atoms with E-state index >= 15 is 0 Å². The van der Waals surface area contributed by atoms with Crippen molar-refractivity contribution in [1.82, 2.24) is 0 Å². The van der Waals surface area contributed by atoms with Gasteiger partial charge in [0.15, 0.2) is 0 Å². The number of hydrogen-bond acceptors (Lipinski definition) is 10. The van der Waals surface area contributed by atoms with Crippen LogP contribution in [0.4, 0.5) is 0 Å². The van der Waals surface area contributed by atoms with Crippen molar-refractivity contribution in [2.75, 3.05) is 0 Å². The van der Waals surface area contributed by atoms with Crippen LogP contribution < -0.4 is 68.9 Å². The smallest absolute Gasteiger partial charge is 0.756 e. The van der Waals surface area contributed by atoms with Gasteiger partial charge in [0.05, 0.1) is 0 Å². The molecule has 4 unspecified atom stereocenters. The Balaban J connectivity index is 0. The van der Waals surface area contributed by atoms with Gasteiger partial charge in [-0.05, 0) is 0 Å². The van der Waals surface area contributed by atoms with Gasteiger partial charge in [0.2, 0.25) is 0 Å². The van der Waals surface area contributed by atoms with E-state index in [-0.39, 0.29) is 59.1 Å². The summed E-state index contributed by atoms with van der Waals surface area (Å²) in [7, 11) is -10.9. The normalized spacial score (nSPS) is 40.5. The van der Waals surface area contributed by atoms with Crippen LogP contribution in [0.1, 0.15) is 0 Å². The molecular formula is C6H12Na2O12P2. The third-order valence-corrected chi connectivity index (χ3v) is 3.58. The number of phosphoric ester groups is 2. The van der Waals surface area contributed by atoms with Crippen LogP contribution in [0.3, 0.4) is 0 Å². The van der Waals surface area contributed by atoms with Crippen LogP contribution in [0.15, 0.2) is 0 Å². The van der Waals surface area contributed by atoms with E-state index in [0.29, 0.717) is 0 Å². The molecule has 120 valence electrons. The molecule has 0 aromatic carbocycles. The molecular weight excluding hydrogens is 372 g/mol. The fourth-order valence-electron chi connectivity index (χ4n) is 1.74. The predicted octanol–water partition coefficient (Wildman–Crippen LogP) is -10.9. The van der Waals surface area contributed by atoms with Gasteiger partial charge in [-0.2, -0.15) is 0 Å². The average molecular weight is 384 g/mol. The van der Waals surface area contributed by atoms with Gasteiger partial charge in [-0.1, -0.05) is 0 Å². The van der Waals surface area contributed by atoms with Crippen molar-refractivity contribution >= 4 is 15.6 Å². The molecule has 0 aliphatic heterocycles. The third kappa shape index (κ3) is 7.52. The molecule has 1 fully saturated rings. The van der Waals surface area contributed by atoms with E-state index in [9.17, 15) is 39.3 Å². The Labute approximate surface area is 168 Å². The second-order valence-electron chi connectivity index (χ2n) is 4.04. The fourth-order valence-corrected chi connectivity index (χ4v) is 2.85. The Kier molecular flexibility index (Phi) is 11.6. The van der Waals surface area contributed by atoms with Crippen molar-refractivity contribution in [3.8, 4) is 0 Å². The zero-order chi connectivity index (χ0) is 15.9. The molecule has 12 nitrogen and oxygen atoms in total.